The van der Waals surface area contributed by atoms with Crippen molar-refractivity contribution >= 4 is 24.1 Å². The van der Waals surface area contributed by atoms with E-state index in [4.69, 9.17) is 0 Å². The predicted molar refractivity (Wildman–Crippen MR) is 83.4 cm³/mol. The van der Waals surface area contributed by atoms with E-state index in [0.717, 1.165) is 49.4 Å². The van der Waals surface area contributed by atoms with Crippen molar-refractivity contribution in [2.75, 3.05) is 18.4 Å². The smallest absolute Gasteiger partial charge is 0.225 e. The lowest BCUT2D eigenvalue weighted by Gasteiger charge is -2.22. The molecule has 2 rings (SSSR count). The maximum atomic E-state index is 12.1. The molecule has 0 spiro atoms. The van der Waals surface area contributed by atoms with Gasteiger partial charge in [-0.2, -0.15) is 5.10 Å². The van der Waals surface area contributed by atoms with Crippen LogP contribution >= 0.6 is 12.4 Å². The van der Waals surface area contributed by atoms with Crippen molar-refractivity contribution in [3.8, 4) is 0 Å². The second-order valence-electron chi connectivity index (χ2n) is 5.34. The van der Waals surface area contributed by atoms with Gasteiger partial charge in [-0.15, -0.1) is 12.4 Å². The first-order valence-electron chi connectivity index (χ1n) is 7.14. The first-order valence-corrected chi connectivity index (χ1v) is 7.14. The fourth-order valence-corrected chi connectivity index (χ4v) is 2.73. The molecule has 1 aliphatic heterocycles. The molecule has 1 aromatic heterocycles. The molecule has 0 aliphatic carbocycles. The molecule has 5 nitrogen and oxygen atoms in total. The molecule has 2 heterocycles. The lowest BCUT2D eigenvalue weighted by atomic mass is 9.94. The lowest BCUT2D eigenvalue weighted by molar-refractivity contribution is -0.117. The Kier molecular flexibility index (Phi) is 6.49. The number of halogens is 1. The summed E-state index contributed by atoms with van der Waals surface area (Å²) in [6, 6.07) is 0. The summed E-state index contributed by atoms with van der Waals surface area (Å²) < 4.78 is 1.77. The van der Waals surface area contributed by atoms with Crippen LogP contribution in [0.2, 0.25) is 0 Å². The highest BCUT2D eigenvalue weighted by Crippen LogP contribution is 2.21. The van der Waals surface area contributed by atoms with E-state index in [0.29, 0.717) is 12.3 Å². The molecule has 0 saturated carbocycles. The number of amides is 1. The second kappa shape index (κ2) is 7.64. The summed E-state index contributed by atoms with van der Waals surface area (Å²) in [5.74, 6) is 1.47. The largest absolute Gasteiger partial charge is 0.317 e. The van der Waals surface area contributed by atoms with Crippen LogP contribution in [0.25, 0.3) is 0 Å². The van der Waals surface area contributed by atoms with Crippen molar-refractivity contribution in [1.82, 2.24) is 15.1 Å². The summed E-state index contributed by atoms with van der Waals surface area (Å²) in [7, 11) is 1.88. The minimum Gasteiger partial charge on any atom is -0.317 e. The summed E-state index contributed by atoms with van der Waals surface area (Å²) in [6.45, 7) is 6.16. The van der Waals surface area contributed by atoms with Gasteiger partial charge in [-0.25, -0.2) is 0 Å². The van der Waals surface area contributed by atoms with Crippen LogP contribution in [0.4, 0.5) is 5.82 Å². The number of piperidine rings is 1. The highest BCUT2D eigenvalue weighted by Gasteiger charge is 2.19. The fourth-order valence-electron chi connectivity index (χ4n) is 2.73. The summed E-state index contributed by atoms with van der Waals surface area (Å²) in [6.07, 6.45) is 3.70. The number of aryl methyl sites for hydroxylation is 2. The van der Waals surface area contributed by atoms with Gasteiger partial charge in [0.1, 0.15) is 5.82 Å². The number of carbonyl (C=O) groups excluding carboxylic acids is 1. The Morgan fingerprint density at radius 2 is 2.10 bits per heavy atom. The molecule has 1 fully saturated rings. The van der Waals surface area contributed by atoms with E-state index in [1.165, 1.54) is 0 Å². The predicted octanol–water partition coefficient (Wildman–Crippen LogP) is 2.04. The zero-order chi connectivity index (χ0) is 13.8. The summed E-state index contributed by atoms with van der Waals surface area (Å²) in [5, 5.41) is 10.8. The number of hydrogen-bond acceptors (Lipinski definition) is 3. The molecule has 0 unspecified atom stereocenters. The first-order chi connectivity index (χ1) is 9.11. The van der Waals surface area contributed by atoms with E-state index < -0.39 is 0 Å². The van der Waals surface area contributed by atoms with Crippen LogP contribution in [-0.2, 0) is 18.3 Å². The number of aromatic nitrogens is 2. The van der Waals surface area contributed by atoms with Gasteiger partial charge in [-0.1, -0.05) is 6.92 Å². The Bertz CT molecular complexity index is 452. The van der Waals surface area contributed by atoms with Gasteiger partial charge >= 0.3 is 0 Å². The van der Waals surface area contributed by atoms with E-state index in [1.54, 1.807) is 4.68 Å². The van der Waals surface area contributed by atoms with Gasteiger partial charge in [0.25, 0.3) is 0 Å². The van der Waals surface area contributed by atoms with Crippen LogP contribution in [0, 0.1) is 12.8 Å². The first kappa shape index (κ1) is 17.0. The molecule has 2 N–H and O–H groups in total. The van der Waals surface area contributed by atoms with Gasteiger partial charge in [-0.3, -0.25) is 9.48 Å². The van der Waals surface area contributed by atoms with Gasteiger partial charge in [0.15, 0.2) is 0 Å². The summed E-state index contributed by atoms with van der Waals surface area (Å²) >= 11 is 0. The summed E-state index contributed by atoms with van der Waals surface area (Å²) in [4.78, 5) is 12.1. The van der Waals surface area contributed by atoms with E-state index in [9.17, 15) is 4.79 Å². The molecule has 0 aromatic carbocycles. The van der Waals surface area contributed by atoms with Crippen molar-refractivity contribution in [3.63, 3.8) is 0 Å². The zero-order valence-corrected chi connectivity index (χ0v) is 13.3. The minimum absolute atomic E-state index is 0. The van der Waals surface area contributed by atoms with Crippen molar-refractivity contribution in [2.45, 2.75) is 39.5 Å². The van der Waals surface area contributed by atoms with Crippen LogP contribution in [-0.4, -0.2) is 28.8 Å². The van der Waals surface area contributed by atoms with Gasteiger partial charge < -0.3 is 10.6 Å². The lowest BCUT2D eigenvalue weighted by Crippen LogP contribution is -2.30. The van der Waals surface area contributed by atoms with E-state index in [-0.39, 0.29) is 18.3 Å². The number of hydrogen-bond donors (Lipinski definition) is 2. The molecule has 0 atom stereocenters. The van der Waals surface area contributed by atoms with Gasteiger partial charge in [0.05, 0.1) is 5.69 Å². The average molecular weight is 301 g/mol. The molecule has 1 saturated heterocycles. The van der Waals surface area contributed by atoms with E-state index in [1.807, 2.05) is 14.0 Å². The molecule has 0 radical (unpaired) electrons. The highest BCUT2D eigenvalue weighted by atomic mass is 35.5. The highest BCUT2D eigenvalue weighted by molar-refractivity contribution is 5.90. The standard InChI is InChI=1S/C14H24N4O.ClH/c1-4-12-10(2)14(18(3)17-12)16-13(19)9-11-5-7-15-8-6-11;/h11,15H,4-9H2,1-3H3,(H,16,19);1H. The number of anilines is 1. The van der Waals surface area contributed by atoms with E-state index in [2.05, 4.69) is 22.7 Å². The van der Waals surface area contributed by atoms with E-state index >= 15 is 0 Å². The Balaban J connectivity index is 0.00000200. The Hall–Kier alpha value is -1.07. The van der Waals surface area contributed by atoms with Crippen molar-refractivity contribution in [1.29, 1.82) is 0 Å². The third-order valence-electron chi connectivity index (χ3n) is 3.91. The average Bonchev–Trinajstić information content (AvgIpc) is 2.67. The maximum Gasteiger partial charge on any atom is 0.225 e. The number of carbonyl (C=O) groups is 1. The molecular formula is C14H25ClN4O. The summed E-state index contributed by atoms with van der Waals surface area (Å²) in [5.41, 5.74) is 2.14. The van der Waals surface area contributed by atoms with Crippen LogP contribution in [0.5, 0.6) is 0 Å². The minimum atomic E-state index is 0. The molecule has 6 heteroatoms. The van der Waals surface area contributed by atoms with Crippen molar-refractivity contribution < 1.29 is 4.79 Å². The van der Waals surface area contributed by atoms with Gasteiger partial charge in [0.2, 0.25) is 5.91 Å². The van der Waals surface area contributed by atoms with Crippen LogP contribution in [0.3, 0.4) is 0 Å². The molecule has 20 heavy (non-hydrogen) atoms. The van der Waals surface area contributed by atoms with Gasteiger partial charge in [-0.05, 0) is 45.2 Å². The molecule has 1 amide bonds. The molecule has 114 valence electrons. The monoisotopic (exact) mass is 300 g/mol. The molecule has 1 aliphatic rings. The third kappa shape index (κ3) is 3.96. The SMILES string of the molecule is CCc1nn(C)c(NC(=O)CC2CCNCC2)c1C.Cl. The fraction of sp³-hybridized carbons (Fsp3) is 0.714. The normalized spacial score (nSPS) is 15.8. The Morgan fingerprint density at radius 3 is 2.65 bits per heavy atom. The topological polar surface area (TPSA) is 59.0 Å². The van der Waals surface area contributed by atoms with Crippen LogP contribution in [0.1, 0.15) is 37.4 Å². The zero-order valence-electron chi connectivity index (χ0n) is 12.5. The Morgan fingerprint density at radius 1 is 1.45 bits per heavy atom. The number of nitrogens with zero attached hydrogens (tertiary/aromatic N) is 2. The van der Waals surface area contributed by atoms with Crippen LogP contribution < -0.4 is 10.6 Å². The van der Waals surface area contributed by atoms with Gasteiger partial charge in [0, 0.05) is 19.0 Å². The number of rotatable bonds is 4. The second-order valence-corrected chi connectivity index (χ2v) is 5.34. The third-order valence-corrected chi connectivity index (χ3v) is 3.91. The molecule has 0 bridgehead atoms. The molecular weight excluding hydrogens is 276 g/mol. The Labute approximate surface area is 126 Å². The van der Waals surface area contributed by atoms with Crippen LogP contribution in [0.15, 0.2) is 0 Å². The number of nitrogens with one attached hydrogen (secondary N) is 2. The van der Waals surface area contributed by atoms with Crippen molar-refractivity contribution in [2.24, 2.45) is 13.0 Å². The van der Waals surface area contributed by atoms with Crippen molar-refractivity contribution in [3.05, 3.63) is 11.3 Å². The quantitative estimate of drug-likeness (QED) is 0.894. The maximum absolute atomic E-state index is 12.1. The molecule has 1 aromatic rings.